The molecule has 0 fully saturated rings. The predicted molar refractivity (Wildman–Crippen MR) is 99.7 cm³/mol. The van der Waals surface area contributed by atoms with E-state index in [-0.39, 0.29) is 11.9 Å². The molecule has 1 N–H and O–H groups in total. The summed E-state index contributed by atoms with van der Waals surface area (Å²) in [5, 5.41) is 3.57. The minimum absolute atomic E-state index is 0.188. The van der Waals surface area contributed by atoms with Gasteiger partial charge in [-0.25, -0.2) is 8.42 Å². The molecule has 0 saturated heterocycles. The van der Waals surface area contributed by atoms with Gasteiger partial charge >= 0.3 is 0 Å². The minimum Gasteiger partial charge on any atom is -0.346 e. The van der Waals surface area contributed by atoms with Gasteiger partial charge in [-0.3, -0.25) is 9.10 Å². The highest BCUT2D eigenvalue weighted by molar-refractivity contribution is 7.92. The van der Waals surface area contributed by atoms with Gasteiger partial charge in [0.1, 0.15) is 0 Å². The lowest BCUT2D eigenvalue weighted by molar-refractivity contribution is 0.0940. The molecule has 1 aliphatic heterocycles. The quantitative estimate of drug-likeness (QED) is 0.888. The van der Waals surface area contributed by atoms with Crippen molar-refractivity contribution in [2.75, 3.05) is 17.1 Å². The maximum Gasteiger partial charge on any atom is 0.251 e. The number of sulfonamides is 1. The molecule has 5 nitrogen and oxygen atoms in total. The van der Waals surface area contributed by atoms with E-state index in [0.29, 0.717) is 29.2 Å². The van der Waals surface area contributed by atoms with E-state index in [9.17, 15) is 13.2 Å². The number of nitrogens with zero attached hydrogens (tertiary/aromatic N) is 1. The van der Waals surface area contributed by atoms with E-state index in [1.807, 2.05) is 25.1 Å². The molecule has 25 heavy (non-hydrogen) atoms. The third-order valence-electron chi connectivity index (χ3n) is 4.29. The molecule has 1 heterocycles. The summed E-state index contributed by atoms with van der Waals surface area (Å²) < 4.78 is 24.9. The van der Waals surface area contributed by atoms with Crippen LogP contribution in [0.25, 0.3) is 0 Å². The standard InChI is InChI=1S/C18H19ClN2O3S/c1-12(13-4-3-5-16(19)11-13)20-18(22)15-6-7-17-14(10-15)8-9-21(17)25(2,23)24/h3-7,10-12H,8-9H2,1-2H3,(H,20,22)/t12-/m1/s1. The van der Waals surface area contributed by atoms with Crippen LogP contribution in [0.2, 0.25) is 5.02 Å². The lowest BCUT2D eigenvalue weighted by Crippen LogP contribution is -2.28. The number of hydrogen-bond acceptors (Lipinski definition) is 3. The van der Waals surface area contributed by atoms with Crippen LogP contribution >= 0.6 is 11.6 Å². The van der Waals surface area contributed by atoms with Gasteiger partial charge in [0.2, 0.25) is 10.0 Å². The summed E-state index contributed by atoms with van der Waals surface area (Å²) in [6, 6.07) is 12.3. The molecule has 0 aromatic heterocycles. The van der Waals surface area contributed by atoms with Crippen molar-refractivity contribution in [1.82, 2.24) is 5.32 Å². The molecule has 0 aliphatic carbocycles. The summed E-state index contributed by atoms with van der Waals surface area (Å²) >= 11 is 5.99. The normalized spacial score (nSPS) is 14.9. The molecule has 1 aliphatic rings. The molecule has 3 rings (SSSR count). The average Bonchev–Trinajstić information content (AvgIpc) is 2.98. The highest BCUT2D eigenvalue weighted by atomic mass is 35.5. The molecule has 0 saturated carbocycles. The maximum atomic E-state index is 12.5. The highest BCUT2D eigenvalue weighted by Crippen LogP contribution is 2.30. The fourth-order valence-electron chi connectivity index (χ4n) is 3.00. The maximum absolute atomic E-state index is 12.5. The molecule has 1 amide bonds. The van der Waals surface area contributed by atoms with Crippen molar-refractivity contribution < 1.29 is 13.2 Å². The van der Waals surface area contributed by atoms with Crippen molar-refractivity contribution >= 4 is 33.2 Å². The average molecular weight is 379 g/mol. The number of benzene rings is 2. The van der Waals surface area contributed by atoms with Gasteiger partial charge < -0.3 is 5.32 Å². The van der Waals surface area contributed by atoms with E-state index in [2.05, 4.69) is 5.32 Å². The van der Waals surface area contributed by atoms with Crippen molar-refractivity contribution in [3.8, 4) is 0 Å². The Bertz CT molecular complexity index is 928. The molecule has 0 spiro atoms. The molecule has 1 atom stereocenters. The van der Waals surface area contributed by atoms with Gasteiger partial charge in [-0.1, -0.05) is 23.7 Å². The first kappa shape index (κ1) is 17.8. The number of nitrogens with one attached hydrogen (secondary N) is 1. The van der Waals surface area contributed by atoms with Crippen LogP contribution in [0, 0.1) is 0 Å². The third kappa shape index (κ3) is 3.80. The number of fused-ring (bicyclic) bond motifs is 1. The van der Waals surface area contributed by atoms with E-state index in [4.69, 9.17) is 11.6 Å². The monoisotopic (exact) mass is 378 g/mol. The Labute approximate surface area is 152 Å². The van der Waals surface area contributed by atoms with Crippen LogP contribution in [0.5, 0.6) is 0 Å². The Morgan fingerprint density at radius 2 is 2.00 bits per heavy atom. The van der Waals surface area contributed by atoms with E-state index in [1.165, 1.54) is 10.6 Å². The molecular weight excluding hydrogens is 360 g/mol. The smallest absolute Gasteiger partial charge is 0.251 e. The van der Waals surface area contributed by atoms with Crippen molar-refractivity contribution in [3.63, 3.8) is 0 Å². The first-order valence-corrected chi connectivity index (χ1v) is 10.2. The van der Waals surface area contributed by atoms with Crippen LogP contribution in [0.4, 0.5) is 5.69 Å². The second-order valence-corrected chi connectivity index (χ2v) is 8.52. The van der Waals surface area contributed by atoms with Crippen LogP contribution in [-0.2, 0) is 16.4 Å². The largest absolute Gasteiger partial charge is 0.346 e. The number of carbonyl (C=O) groups excluding carboxylic acids is 1. The number of amides is 1. The molecular formula is C18H19ClN2O3S. The van der Waals surface area contributed by atoms with Gasteiger partial charge in [0.25, 0.3) is 5.91 Å². The lowest BCUT2D eigenvalue weighted by atomic mass is 10.1. The van der Waals surface area contributed by atoms with Crippen molar-refractivity contribution in [2.24, 2.45) is 0 Å². The van der Waals surface area contributed by atoms with Gasteiger partial charge in [-0.2, -0.15) is 0 Å². The SMILES string of the molecule is C[C@@H](NC(=O)c1ccc2c(c1)CCN2S(C)(=O)=O)c1cccc(Cl)c1. The van der Waals surface area contributed by atoms with Crippen LogP contribution in [0.15, 0.2) is 42.5 Å². The number of rotatable bonds is 4. The molecule has 0 radical (unpaired) electrons. The third-order valence-corrected chi connectivity index (χ3v) is 5.71. The summed E-state index contributed by atoms with van der Waals surface area (Å²) in [5.74, 6) is -0.201. The van der Waals surface area contributed by atoms with Gasteiger partial charge in [0.05, 0.1) is 18.0 Å². The van der Waals surface area contributed by atoms with Crippen LogP contribution < -0.4 is 9.62 Å². The zero-order valence-electron chi connectivity index (χ0n) is 14.0. The van der Waals surface area contributed by atoms with Crippen molar-refractivity contribution in [2.45, 2.75) is 19.4 Å². The summed E-state index contributed by atoms with van der Waals surface area (Å²) in [6.07, 6.45) is 1.79. The predicted octanol–water partition coefficient (Wildman–Crippen LogP) is 3.15. The van der Waals surface area contributed by atoms with E-state index < -0.39 is 10.0 Å². The highest BCUT2D eigenvalue weighted by Gasteiger charge is 2.26. The van der Waals surface area contributed by atoms with Gasteiger partial charge in [-0.15, -0.1) is 0 Å². The van der Waals surface area contributed by atoms with Crippen LogP contribution in [-0.4, -0.2) is 27.1 Å². The second-order valence-electron chi connectivity index (χ2n) is 6.18. The Kier molecular flexibility index (Phi) is 4.75. The lowest BCUT2D eigenvalue weighted by Gasteiger charge is -2.17. The summed E-state index contributed by atoms with van der Waals surface area (Å²) in [7, 11) is -3.29. The summed E-state index contributed by atoms with van der Waals surface area (Å²) in [6.45, 7) is 2.31. The van der Waals surface area contributed by atoms with Gasteiger partial charge in [0.15, 0.2) is 0 Å². The molecule has 0 bridgehead atoms. The van der Waals surface area contributed by atoms with E-state index in [0.717, 1.165) is 11.1 Å². The molecule has 2 aromatic carbocycles. The van der Waals surface area contributed by atoms with E-state index in [1.54, 1.807) is 24.3 Å². The molecule has 0 unspecified atom stereocenters. The van der Waals surface area contributed by atoms with Crippen LogP contribution in [0.1, 0.15) is 34.5 Å². The van der Waals surface area contributed by atoms with E-state index >= 15 is 0 Å². The molecule has 132 valence electrons. The first-order chi connectivity index (χ1) is 11.8. The Hall–Kier alpha value is -2.05. The topological polar surface area (TPSA) is 66.5 Å². The Morgan fingerprint density at radius 1 is 1.24 bits per heavy atom. The number of halogens is 1. The van der Waals surface area contributed by atoms with Gasteiger partial charge in [0, 0.05) is 17.1 Å². The van der Waals surface area contributed by atoms with Crippen molar-refractivity contribution in [1.29, 1.82) is 0 Å². The second kappa shape index (κ2) is 6.69. The summed E-state index contributed by atoms with van der Waals surface area (Å²) in [5.41, 5.74) is 2.96. The zero-order chi connectivity index (χ0) is 18.2. The number of carbonyl (C=O) groups is 1. The Morgan fingerprint density at radius 3 is 2.68 bits per heavy atom. The van der Waals surface area contributed by atoms with Gasteiger partial charge in [-0.05, 0) is 54.8 Å². The fourth-order valence-corrected chi connectivity index (χ4v) is 4.15. The Balaban J connectivity index is 1.78. The van der Waals surface area contributed by atoms with Crippen LogP contribution in [0.3, 0.4) is 0 Å². The number of anilines is 1. The number of hydrogen-bond donors (Lipinski definition) is 1. The van der Waals surface area contributed by atoms with Crippen molar-refractivity contribution in [3.05, 3.63) is 64.2 Å². The minimum atomic E-state index is -3.29. The fraction of sp³-hybridized carbons (Fsp3) is 0.278. The molecule has 7 heteroatoms. The molecule has 2 aromatic rings. The first-order valence-electron chi connectivity index (χ1n) is 7.92. The zero-order valence-corrected chi connectivity index (χ0v) is 15.6. The summed E-state index contributed by atoms with van der Waals surface area (Å²) in [4.78, 5) is 12.5.